The van der Waals surface area contributed by atoms with Gasteiger partial charge in [-0.3, -0.25) is 4.79 Å². The third-order valence-corrected chi connectivity index (χ3v) is 6.18. The topological polar surface area (TPSA) is 45.2 Å². The van der Waals surface area contributed by atoms with E-state index in [1.807, 2.05) is 11.9 Å². The summed E-state index contributed by atoms with van der Waals surface area (Å²) in [5.41, 5.74) is -0.341. The van der Waals surface area contributed by atoms with E-state index in [-0.39, 0.29) is 18.3 Å². The zero-order chi connectivity index (χ0) is 19.4. The second-order valence-electron chi connectivity index (χ2n) is 7.00. The summed E-state index contributed by atoms with van der Waals surface area (Å²) < 4.78 is 39.1. The minimum absolute atomic E-state index is 0. The number of aromatic nitrogens is 1. The Balaban J connectivity index is 0.00000280. The molecule has 1 fully saturated rings. The lowest BCUT2D eigenvalue weighted by Crippen LogP contribution is -2.39. The third-order valence-electron chi connectivity index (χ3n) is 5.08. The maximum atomic E-state index is 12.8. The van der Waals surface area contributed by atoms with Gasteiger partial charge in [0.2, 0.25) is 5.91 Å². The van der Waals surface area contributed by atoms with Crippen molar-refractivity contribution in [3.05, 3.63) is 28.8 Å². The normalized spacial score (nSPS) is 15.6. The van der Waals surface area contributed by atoms with Crippen LogP contribution in [0.3, 0.4) is 0 Å². The maximum Gasteiger partial charge on any atom is 0.416 e. The second kappa shape index (κ2) is 9.89. The number of rotatable bonds is 6. The molecule has 1 aromatic carbocycles. The van der Waals surface area contributed by atoms with E-state index in [2.05, 4.69) is 10.3 Å². The Hall–Kier alpha value is -1.38. The van der Waals surface area contributed by atoms with Crippen molar-refractivity contribution in [1.82, 2.24) is 15.2 Å². The number of aryl methyl sites for hydroxylation is 1. The number of alkyl halides is 3. The summed E-state index contributed by atoms with van der Waals surface area (Å²) in [5.74, 6) is 0.783. The Morgan fingerprint density at radius 2 is 2.04 bits per heavy atom. The molecule has 1 aliphatic rings. The molecular formula is C19H25ClF3N3OS. The van der Waals surface area contributed by atoms with Crippen LogP contribution in [0.4, 0.5) is 13.2 Å². The number of amides is 1. The molecule has 0 spiro atoms. The van der Waals surface area contributed by atoms with Gasteiger partial charge in [-0.15, -0.1) is 23.7 Å². The number of hydrogen-bond acceptors (Lipinski definition) is 4. The molecule has 1 aliphatic heterocycles. The van der Waals surface area contributed by atoms with Gasteiger partial charge in [0.25, 0.3) is 0 Å². The molecule has 1 saturated heterocycles. The number of likely N-dealkylation sites (tertiary alicyclic amines) is 1. The van der Waals surface area contributed by atoms with Gasteiger partial charge in [0.05, 0.1) is 20.8 Å². The Morgan fingerprint density at radius 1 is 1.32 bits per heavy atom. The van der Waals surface area contributed by atoms with Crippen molar-refractivity contribution in [3.8, 4) is 0 Å². The highest BCUT2D eigenvalue weighted by Crippen LogP contribution is 2.33. The van der Waals surface area contributed by atoms with Crippen LogP contribution in [0.1, 0.15) is 36.3 Å². The van der Waals surface area contributed by atoms with E-state index in [9.17, 15) is 18.0 Å². The van der Waals surface area contributed by atoms with Crippen molar-refractivity contribution in [2.45, 2.75) is 38.3 Å². The van der Waals surface area contributed by atoms with Crippen LogP contribution in [0.15, 0.2) is 18.2 Å². The lowest BCUT2D eigenvalue weighted by molar-refractivity contribution is -0.137. The van der Waals surface area contributed by atoms with Gasteiger partial charge in [-0.25, -0.2) is 4.98 Å². The van der Waals surface area contributed by atoms with Crippen LogP contribution in [0, 0.1) is 5.92 Å². The van der Waals surface area contributed by atoms with Crippen LogP contribution in [0.25, 0.3) is 10.2 Å². The molecule has 2 aromatic rings. The first kappa shape index (κ1) is 22.9. The molecule has 0 aliphatic carbocycles. The number of piperidine rings is 1. The van der Waals surface area contributed by atoms with Gasteiger partial charge in [-0.1, -0.05) is 0 Å². The molecule has 4 nitrogen and oxygen atoms in total. The van der Waals surface area contributed by atoms with Crippen molar-refractivity contribution in [1.29, 1.82) is 0 Å². The molecule has 0 unspecified atom stereocenters. The van der Waals surface area contributed by atoms with Gasteiger partial charge in [0, 0.05) is 25.9 Å². The number of carbonyl (C=O) groups is 1. The van der Waals surface area contributed by atoms with Gasteiger partial charge in [-0.05, 0) is 57.0 Å². The summed E-state index contributed by atoms with van der Waals surface area (Å²) in [6, 6.07) is 3.61. The monoisotopic (exact) mass is 435 g/mol. The number of nitrogens with zero attached hydrogens (tertiary/aromatic N) is 2. The summed E-state index contributed by atoms with van der Waals surface area (Å²) in [4.78, 5) is 18.6. The standard InChI is InChI=1S/C19H24F3N3OS.ClH/c1-23-9-6-13-7-10-25(11-8-13)18(26)5-4-17-24-15-12-14(19(20,21)22)2-3-16(15)27-17;/h2-3,12-13,23H,4-11H2,1H3;1H. The zero-order valence-corrected chi connectivity index (χ0v) is 17.4. The van der Waals surface area contributed by atoms with Crippen LogP contribution in [-0.2, 0) is 17.4 Å². The van der Waals surface area contributed by atoms with E-state index in [1.165, 1.54) is 17.4 Å². The summed E-state index contributed by atoms with van der Waals surface area (Å²) >= 11 is 1.36. The molecule has 28 heavy (non-hydrogen) atoms. The highest BCUT2D eigenvalue weighted by molar-refractivity contribution is 7.18. The van der Waals surface area contributed by atoms with Crippen LogP contribution >= 0.6 is 23.7 Å². The number of carbonyl (C=O) groups excluding carboxylic acids is 1. The summed E-state index contributed by atoms with van der Waals surface area (Å²) in [6.45, 7) is 2.59. The van der Waals surface area contributed by atoms with Crippen molar-refractivity contribution in [3.63, 3.8) is 0 Å². The minimum atomic E-state index is -4.37. The first-order valence-corrected chi connectivity index (χ1v) is 10.1. The number of thiazole rings is 1. The van der Waals surface area contributed by atoms with Gasteiger partial charge in [0.1, 0.15) is 0 Å². The zero-order valence-electron chi connectivity index (χ0n) is 15.7. The van der Waals surface area contributed by atoms with Gasteiger partial charge in [0.15, 0.2) is 0 Å². The molecule has 3 rings (SSSR count). The van der Waals surface area contributed by atoms with E-state index >= 15 is 0 Å². The molecule has 1 amide bonds. The number of benzene rings is 1. The molecule has 0 atom stereocenters. The average Bonchev–Trinajstić information content (AvgIpc) is 3.06. The van der Waals surface area contributed by atoms with Gasteiger partial charge < -0.3 is 10.2 Å². The van der Waals surface area contributed by atoms with Crippen molar-refractivity contribution < 1.29 is 18.0 Å². The fourth-order valence-electron chi connectivity index (χ4n) is 3.45. The van der Waals surface area contributed by atoms with Crippen LogP contribution in [-0.4, -0.2) is 42.5 Å². The second-order valence-corrected chi connectivity index (χ2v) is 8.12. The molecular weight excluding hydrogens is 411 g/mol. The quantitative estimate of drug-likeness (QED) is 0.725. The fraction of sp³-hybridized carbons (Fsp3) is 0.579. The number of halogens is 4. The highest BCUT2D eigenvalue weighted by atomic mass is 35.5. The Labute approximate surface area is 172 Å². The lowest BCUT2D eigenvalue weighted by Gasteiger charge is -2.32. The Morgan fingerprint density at radius 3 is 2.68 bits per heavy atom. The number of fused-ring (bicyclic) bond motifs is 1. The Kier molecular flexibility index (Phi) is 8.09. The highest BCUT2D eigenvalue weighted by Gasteiger charge is 2.30. The summed E-state index contributed by atoms with van der Waals surface area (Å²) in [6.07, 6.45) is -0.326. The molecule has 1 aromatic heterocycles. The molecule has 1 N–H and O–H groups in total. The van der Waals surface area contributed by atoms with Crippen molar-refractivity contribution in [2.24, 2.45) is 5.92 Å². The summed E-state index contributed by atoms with van der Waals surface area (Å²) in [5, 5.41) is 3.87. The first-order chi connectivity index (χ1) is 12.9. The SMILES string of the molecule is CNCCC1CCN(C(=O)CCc2nc3cc(C(F)(F)F)ccc3s2)CC1.Cl. The first-order valence-electron chi connectivity index (χ1n) is 9.26. The largest absolute Gasteiger partial charge is 0.416 e. The number of nitrogens with one attached hydrogen (secondary N) is 1. The van der Waals surface area contributed by atoms with E-state index in [1.54, 1.807) is 0 Å². The van der Waals surface area contributed by atoms with Gasteiger partial charge >= 0.3 is 6.18 Å². The predicted octanol–water partition coefficient (Wildman–Crippen LogP) is 4.52. The molecule has 9 heteroatoms. The molecule has 2 heterocycles. The van der Waals surface area contributed by atoms with Crippen molar-refractivity contribution >= 4 is 39.9 Å². The van der Waals surface area contributed by atoms with E-state index in [4.69, 9.17) is 0 Å². The van der Waals surface area contributed by atoms with Crippen molar-refractivity contribution in [2.75, 3.05) is 26.7 Å². The van der Waals surface area contributed by atoms with Gasteiger partial charge in [-0.2, -0.15) is 13.2 Å². The number of hydrogen-bond donors (Lipinski definition) is 1. The van der Waals surface area contributed by atoms with E-state index < -0.39 is 11.7 Å². The average molecular weight is 436 g/mol. The van der Waals surface area contributed by atoms with Crippen LogP contribution in [0.2, 0.25) is 0 Å². The van der Waals surface area contributed by atoms with Crippen LogP contribution in [0.5, 0.6) is 0 Å². The molecule has 156 valence electrons. The van der Waals surface area contributed by atoms with E-state index in [0.717, 1.165) is 55.7 Å². The Bertz CT molecular complexity index is 788. The summed E-state index contributed by atoms with van der Waals surface area (Å²) in [7, 11) is 1.95. The minimum Gasteiger partial charge on any atom is -0.343 e. The predicted molar refractivity (Wildman–Crippen MR) is 108 cm³/mol. The molecule has 0 bridgehead atoms. The van der Waals surface area contributed by atoms with E-state index in [0.29, 0.717) is 29.3 Å². The third kappa shape index (κ3) is 5.81. The maximum absolute atomic E-state index is 12.8. The molecule has 0 saturated carbocycles. The fourth-order valence-corrected chi connectivity index (χ4v) is 4.40. The smallest absolute Gasteiger partial charge is 0.343 e. The lowest BCUT2D eigenvalue weighted by atomic mass is 9.93. The molecule has 0 radical (unpaired) electrons. The van der Waals surface area contributed by atoms with Crippen LogP contribution < -0.4 is 5.32 Å².